The van der Waals surface area contributed by atoms with Crippen LogP contribution in [0.3, 0.4) is 0 Å². The van der Waals surface area contributed by atoms with Crippen LogP contribution in [0.5, 0.6) is 0 Å². The Bertz CT molecular complexity index is 1040. The molecule has 0 bridgehead atoms. The molecule has 0 fully saturated rings. The van der Waals surface area contributed by atoms with E-state index in [-0.39, 0.29) is 11.1 Å². The predicted octanol–water partition coefficient (Wildman–Crippen LogP) is 4.18. The number of fused-ring (bicyclic) bond motifs is 3. The van der Waals surface area contributed by atoms with Gasteiger partial charge < -0.3 is 4.98 Å². The summed E-state index contributed by atoms with van der Waals surface area (Å²) in [7, 11) is 0. The number of allylic oxidation sites excluding steroid dienone is 4. The first-order valence-corrected chi connectivity index (χ1v) is 7.61. The lowest BCUT2D eigenvalue weighted by molar-refractivity contribution is 1.06. The molecular weight excluding hydrogens is 286 g/mol. The summed E-state index contributed by atoms with van der Waals surface area (Å²) >= 11 is 0. The molecule has 0 saturated carbocycles. The normalized spacial score (nSPS) is 12.3. The largest absolute Gasteiger partial charge is 0.353 e. The molecular formula is C19H17N3O. The highest BCUT2D eigenvalue weighted by molar-refractivity contribution is 6.06. The van der Waals surface area contributed by atoms with Crippen LogP contribution in [0.15, 0.2) is 53.4 Å². The van der Waals surface area contributed by atoms with Crippen LogP contribution in [-0.4, -0.2) is 9.55 Å². The van der Waals surface area contributed by atoms with Gasteiger partial charge in [0.1, 0.15) is 11.6 Å². The summed E-state index contributed by atoms with van der Waals surface area (Å²) < 4.78 is 1.64. The van der Waals surface area contributed by atoms with Gasteiger partial charge in [-0.2, -0.15) is 5.26 Å². The zero-order chi connectivity index (χ0) is 16.4. The summed E-state index contributed by atoms with van der Waals surface area (Å²) in [5.74, 6) is 0. The van der Waals surface area contributed by atoms with Gasteiger partial charge in [0.15, 0.2) is 0 Å². The first kappa shape index (κ1) is 14.9. The van der Waals surface area contributed by atoms with Gasteiger partial charge in [-0.15, -0.1) is 0 Å². The van der Waals surface area contributed by atoms with Gasteiger partial charge in [0.2, 0.25) is 0 Å². The molecule has 0 aliphatic rings. The van der Waals surface area contributed by atoms with Crippen molar-refractivity contribution in [2.24, 2.45) is 0 Å². The van der Waals surface area contributed by atoms with Gasteiger partial charge in [-0.25, -0.2) is 0 Å². The third-order valence-corrected chi connectivity index (χ3v) is 3.78. The molecule has 114 valence electrons. The van der Waals surface area contributed by atoms with E-state index >= 15 is 0 Å². The van der Waals surface area contributed by atoms with E-state index in [0.717, 1.165) is 34.1 Å². The van der Waals surface area contributed by atoms with Crippen molar-refractivity contribution in [3.05, 3.63) is 64.5 Å². The van der Waals surface area contributed by atoms with E-state index in [9.17, 15) is 10.1 Å². The molecule has 3 rings (SSSR count). The molecule has 2 heterocycles. The van der Waals surface area contributed by atoms with E-state index in [1.54, 1.807) is 10.6 Å². The predicted molar refractivity (Wildman–Crippen MR) is 94.2 cm³/mol. The van der Waals surface area contributed by atoms with Crippen molar-refractivity contribution >= 4 is 27.6 Å². The first-order chi connectivity index (χ1) is 11.2. The second-order valence-electron chi connectivity index (χ2n) is 5.28. The average Bonchev–Trinajstić information content (AvgIpc) is 2.92. The summed E-state index contributed by atoms with van der Waals surface area (Å²) in [4.78, 5) is 16.1. The second-order valence-corrected chi connectivity index (χ2v) is 5.28. The van der Waals surface area contributed by atoms with Crippen molar-refractivity contribution in [3.8, 4) is 6.07 Å². The second kappa shape index (κ2) is 5.98. The van der Waals surface area contributed by atoms with Gasteiger partial charge in [0.25, 0.3) is 5.56 Å². The van der Waals surface area contributed by atoms with Crippen molar-refractivity contribution in [2.45, 2.75) is 20.3 Å². The van der Waals surface area contributed by atoms with Crippen molar-refractivity contribution in [1.29, 1.82) is 5.26 Å². The molecule has 0 radical (unpaired) electrons. The number of nitriles is 1. The molecule has 0 spiro atoms. The van der Waals surface area contributed by atoms with Crippen LogP contribution < -0.4 is 5.56 Å². The highest BCUT2D eigenvalue weighted by atomic mass is 16.1. The van der Waals surface area contributed by atoms with Gasteiger partial charge in [-0.1, -0.05) is 37.3 Å². The van der Waals surface area contributed by atoms with E-state index in [4.69, 9.17) is 0 Å². The minimum atomic E-state index is -0.289. The van der Waals surface area contributed by atoms with Gasteiger partial charge >= 0.3 is 0 Å². The molecule has 0 aliphatic carbocycles. The van der Waals surface area contributed by atoms with Crippen LogP contribution >= 0.6 is 0 Å². The Labute approximate surface area is 134 Å². The lowest BCUT2D eigenvalue weighted by Gasteiger charge is -2.10. The van der Waals surface area contributed by atoms with E-state index in [1.165, 1.54) is 0 Å². The Kier molecular flexibility index (Phi) is 3.86. The molecule has 0 amide bonds. The molecule has 0 atom stereocenters. The van der Waals surface area contributed by atoms with Gasteiger partial charge in [-0.3, -0.25) is 9.36 Å². The number of nitrogens with zero attached hydrogens (tertiary/aromatic N) is 2. The third-order valence-electron chi connectivity index (χ3n) is 3.78. The molecule has 0 saturated heterocycles. The number of nitrogens with one attached hydrogen (secondary N) is 1. The topological polar surface area (TPSA) is 61.6 Å². The van der Waals surface area contributed by atoms with E-state index in [2.05, 4.69) is 4.98 Å². The van der Waals surface area contributed by atoms with Crippen molar-refractivity contribution in [1.82, 2.24) is 9.55 Å². The monoisotopic (exact) mass is 303 g/mol. The van der Waals surface area contributed by atoms with E-state index in [1.807, 2.05) is 62.4 Å². The SMILES string of the molecule is C/C=C\C(=C/CC)n1c(=O)c(C#N)cc2[nH]c3ccccc3c21. The van der Waals surface area contributed by atoms with Crippen LogP contribution in [0.25, 0.3) is 27.6 Å². The van der Waals surface area contributed by atoms with E-state index in [0.29, 0.717) is 0 Å². The lowest BCUT2D eigenvalue weighted by atomic mass is 10.2. The number of hydrogen-bond donors (Lipinski definition) is 1. The summed E-state index contributed by atoms with van der Waals surface area (Å²) in [5.41, 5.74) is 3.17. The number of aromatic nitrogens is 2. The van der Waals surface area contributed by atoms with Gasteiger partial charge in [0, 0.05) is 16.6 Å². The lowest BCUT2D eigenvalue weighted by Crippen LogP contribution is -2.21. The first-order valence-electron chi connectivity index (χ1n) is 7.61. The van der Waals surface area contributed by atoms with Crippen molar-refractivity contribution in [2.75, 3.05) is 0 Å². The van der Waals surface area contributed by atoms with E-state index < -0.39 is 0 Å². The molecule has 3 aromatic rings. The smallest absolute Gasteiger partial charge is 0.273 e. The van der Waals surface area contributed by atoms with Crippen LogP contribution in [-0.2, 0) is 0 Å². The molecule has 23 heavy (non-hydrogen) atoms. The summed E-state index contributed by atoms with van der Waals surface area (Å²) in [6.07, 6.45) is 6.58. The molecule has 4 nitrogen and oxygen atoms in total. The summed E-state index contributed by atoms with van der Waals surface area (Å²) in [6, 6.07) is 11.5. The molecule has 1 N–H and O–H groups in total. The molecule has 2 aromatic heterocycles. The quantitative estimate of drug-likeness (QED) is 0.738. The zero-order valence-corrected chi connectivity index (χ0v) is 13.1. The number of para-hydroxylation sites is 1. The number of hydrogen-bond acceptors (Lipinski definition) is 2. The summed E-state index contributed by atoms with van der Waals surface area (Å²) in [5, 5.41) is 10.3. The van der Waals surface area contributed by atoms with Crippen molar-refractivity contribution < 1.29 is 0 Å². The highest BCUT2D eigenvalue weighted by Crippen LogP contribution is 2.27. The minimum absolute atomic E-state index is 0.135. The maximum atomic E-state index is 12.8. The van der Waals surface area contributed by atoms with Crippen LogP contribution in [0.2, 0.25) is 0 Å². The molecule has 4 heteroatoms. The Morgan fingerprint density at radius 3 is 2.83 bits per heavy atom. The minimum Gasteiger partial charge on any atom is -0.353 e. The fourth-order valence-corrected chi connectivity index (χ4v) is 2.86. The third kappa shape index (κ3) is 2.36. The van der Waals surface area contributed by atoms with Gasteiger partial charge in [-0.05, 0) is 31.6 Å². The van der Waals surface area contributed by atoms with Crippen LogP contribution in [0, 0.1) is 11.3 Å². The maximum Gasteiger partial charge on any atom is 0.273 e. The fourth-order valence-electron chi connectivity index (χ4n) is 2.86. The molecule has 1 aromatic carbocycles. The Balaban J connectivity index is 2.56. The number of aromatic amines is 1. The molecule has 0 unspecified atom stereocenters. The fraction of sp³-hybridized carbons (Fsp3) is 0.158. The van der Waals surface area contributed by atoms with Crippen LogP contribution in [0.4, 0.5) is 0 Å². The zero-order valence-electron chi connectivity index (χ0n) is 13.1. The van der Waals surface area contributed by atoms with Crippen molar-refractivity contribution in [3.63, 3.8) is 0 Å². The van der Waals surface area contributed by atoms with Gasteiger partial charge in [0.05, 0.1) is 11.0 Å². The number of benzene rings is 1. The summed E-state index contributed by atoms with van der Waals surface area (Å²) in [6.45, 7) is 3.93. The molecule has 0 aliphatic heterocycles. The number of H-pyrrole nitrogens is 1. The van der Waals surface area contributed by atoms with Crippen LogP contribution in [0.1, 0.15) is 25.8 Å². The Morgan fingerprint density at radius 1 is 1.35 bits per heavy atom. The Morgan fingerprint density at radius 2 is 2.13 bits per heavy atom. The average molecular weight is 303 g/mol. The maximum absolute atomic E-state index is 12.8. The highest BCUT2D eigenvalue weighted by Gasteiger charge is 2.15. The Hall–Kier alpha value is -3.06. The standard InChI is InChI=1S/C19H17N3O/c1-3-7-14(8-4-2)22-18-15-9-5-6-10-16(15)21-17(18)11-13(12-20)19(22)23/h3,5-11,21H,4H2,1-2H3/b7-3-,14-8+. The number of rotatable bonds is 3. The number of pyridine rings is 1.